The summed E-state index contributed by atoms with van der Waals surface area (Å²) in [6.07, 6.45) is -4.75. The summed E-state index contributed by atoms with van der Waals surface area (Å²) < 4.78 is 37.5. The van der Waals surface area contributed by atoms with Crippen LogP contribution in [0.5, 0.6) is 0 Å². The van der Waals surface area contributed by atoms with Crippen LogP contribution in [0.15, 0.2) is 30.5 Å². The summed E-state index contributed by atoms with van der Waals surface area (Å²) in [7, 11) is 0. The van der Waals surface area contributed by atoms with Crippen LogP contribution in [0.4, 0.5) is 35.3 Å². The van der Waals surface area contributed by atoms with Gasteiger partial charge in [-0.25, -0.2) is 14.8 Å². The van der Waals surface area contributed by atoms with Gasteiger partial charge < -0.3 is 10.3 Å². The molecule has 33 heavy (non-hydrogen) atoms. The molecule has 0 spiro atoms. The number of ketones is 1. The zero-order chi connectivity index (χ0) is 23.8. The lowest BCUT2D eigenvalue weighted by Gasteiger charge is -2.35. The fourth-order valence-corrected chi connectivity index (χ4v) is 3.92. The molecular weight excluding hydrogens is 439 g/mol. The molecule has 2 aromatic heterocycles. The van der Waals surface area contributed by atoms with E-state index in [2.05, 4.69) is 15.3 Å². The van der Waals surface area contributed by atoms with Crippen molar-refractivity contribution in [1.29, 1.82) is 10.7 Å². The monoisotopic (exact) mass is 457 g/mol. The summed E-state index contributed by atoms with van der Waals surface area (Å²) in [4.78, 5) is 37.4. The first-order chi connectivity index (χ1) is 15.6. The van der Waals surface area contributed by atoms with Crippen LogP contribution < -0.4 is 15.1 Å². The lowest BCUT2D eigenvalue weighted by atomic mass is 10.1. The van der Waals surface area contributed by atoms with Gasteiger partial charge >= 0.3 is 12.2 Å². The molecule has 4 rings (SSSR count). The molecule has 2 amide bonds. The highest BCUT2D eigenvalue weighted by atomic mass is 19.4. The third-order valence-electron chi connectivity index (χ3n) is 5.37. The molecule has 2 bridgehead atoms. The van der Waals surface area contributed by atoms with Crippen molar-refractivity contribution in [3.8, 4) is 6.07 Å². The predicted octanol–water partition coefficient (Wildman–Crippen LogP) is 3.52. The molecule has 0 aromatic carbocycles. The number of anilines is 3. The Morgan fingerprint density at radius 1 is 1.27 bits per heavy atom. The van der Waals surface area contributed by atoms with Crippen LogP contribution in [0.3, 0.4) is 0 Å². The molecule has 4 heterocycles. The molecule has 0 saturated carbocycles. The maximum Gasteiger partial charge on any atom is 0.394 e. The maximum absolute atomic E-state index is 13.1. The summed E-state index contributed by atoms with van der Waals surface area (Å²) in [6, 6.07) is 7.22. The number of nitriles is 1. The molecule has 9 nitrogen and oxygen atoms in total. The Morgan fingerprint density at radius 2 is 2.06 bits per heavy atom. The molecule has 0 radical (unpaired) electrons. The van der Waals surface area contributed by atoms with E-state index in [0.717, 1.165) is 0 Å². The summed E-state index contributed by atoms with van der Waals surface area (Å²) in [5.74, 6) is -0.272. The van der Waals surface area contributed by atoms with Crippen molar-refractivity contribution in [1.82, 2.24) is 9.97 Å². The molecule has 2 aliphatic rings. The number of halogens is 3. The molecule has 1 saturated heterocycles. The van der Waals surface area contributed by atoms with E-state index in [1.165, 1.54) is 29.3 Å². The number of carbonyl (C=O) groups excluding carboxylic acids is 2. The van der Waals surface area contributed by atoms with Gasteiger partial charge in [0.05, 0.1) is 30.1 Å². The van der Waals surface area contributed by atoms with Gasteiger partial charge in [0.25, 0.3) is 0 Å². The number of amides is 2. The summed E-state index contributed by atoms with van der Waals surface area (Å²) in [5.41, 5.74) is 0.104. The Morgan fingerprint density at radius 3 is 2.73 bits per heavy atom. The van der Waals surface area contributed by atoms with Crippen LogP contribution in [0.1, 0.15) is 35.3 Å². The number of alkyl halides is 3. The predicted molar refractivity (Wildman–Crippen MR) is 113 cm³/mol. The summed E-state index contributed by atoms with van der Waals surface area (Å²) >= 11 is 0. The van der Waals surface area contributed by atoms with E-state index in [4.69, 9.17) is 10.7 Å². The Hall–Kier alpha value is -4.01. The number of nitrogens with zero attached hydrogens (tertiary/aromatic N) is 5. The van der Waals surface area contributed by atoms with Gasteiger partial charge in [-0.3, -0.25) is 15.0 Å². The van der Waals surface area contributed by atoms with Crippen LogP contribution in [0.2, 0.25) is 0 Å². The van der Waals surface area contributed by atoms with Crippen molar-refractivity contribution < 1.29 is 22.8 Å². The zero-order valence-electron chi connectivity index (χ0n) is 17.2. The fraction of sp³-hybridized carbons (Fsp3) is 0.333. The topological polar surface area (TPSA) is 126 Å². The molecule has 0 unspecified atom stereocenters. The molecule has 1 atom stereocenters. The Bertz CT molecular complexity index is 1160. The van der Waals surface area contributed by atoms with Gasteiger partial charge in [0.1, 0.15) is 17.6 Å². The lowest BCUT2D eigenvalue weighted by Crippen LogP contribution is -2.48. The Balaban J connectivity index is 1.58. The lowest BCUT2D eigenvalue weighted by molar-refractivity contribution is -0.121. The number of hydrogen-bond donors (Lipinski definition) is 2. The molecule has 2 aromatic rings. The van der Waals surface area contributed by atoms with Crippen LogP contribution in [0, 0.1) is 16.7 Å². The molecular formula is C21H18F3N7O2. The zero-order valence-corrected chi connectivity index (χ0v) is 17.2. The average molecular weight is 457 g/mol. The first-order valence-electron chi connectivity index (χ1n) is 10.0. The third-order valence-corrected chi connectivity index (χ3v) is 5.37. The van der Waals surface area contributed by atoms with Gasteiger partial charge in [-0.15, -0.1) is 0 Å². The number of pyridine rings is 2. The van der Waals surface area contributed by atoms with Gasteiger partial charge in [-0.05, 0) is 30.7 Å². The largest absolute Gasteiger partial charge is 0.394 e. The SMILES string of the molecule is N#Cc1ccc(NC(=O)N2c3nc(C(=O)CC(=N)CC(F)(F)F)ccc3N3CC[C@H]2C3)nc1. The van der Waals surface area contributed by atoms with Gasteiger partial charge in [0.2, 0.25) is 0 Å². The number of fused-ring (bicyclic) bond motifs is 4. The van der Waals surface area contributed by atoms with Crippen molar-refractivity contribution >= 4 is 34.8 Å². The van der Waals surface area contributed by atoms with E-state index in [1.807, 2.05) is 11.0 Å². The van der Waals surface area contributed by atoms with Gasteiger partial charge in [0.15, 0.2) is 11.6 Å². The molecule has 0 aliphatic carbocycles. The number of nitrogens with one attached hydrogen (secondary N) is 2. The van der Waals surface area contributed by atoms with Gasteiger partial charge in [-0.1, -0.05) is 0 Å². The second-order valence-electron chi connectivity index (χ2n) is 7.77. The van der Waals surface area contributed by atoms with Crippen molar-refractivity contribution in [3.05, 3.63) is 41.7 Å². The standard InChI is InChI=1S/C21H18F3N7O2/c22-21(23,24)8-13(26)7-17(32)15-2-3-16-19(28-15)31(14-5-6-30(16)11-14)20(33)29-18-4-1-12(9-25)10-27-18/h1-4,10,14,26H,5-8,11H2,(H,27,29,33)/t14-/m0/s1. The minimum atomic E-state index is -4.57. The number of carbonyl (C=O) groups is 2. The number of rotatable bonds is 5. The smallest absolute Gasteiger partial charge is 0.366 e. The van der Waals surface area contributed by atoms with E-state index >= 15 is 0 Å². The van der Waals surface area contributed by atoms with Crippen molar-refractivity contribution in [2.24, 2.45) is 0 Å². The second-order valence-corrected chi connectivity index (χ2v) is 7.77. The van der Waals surface area contributed by atoms with Crippen LogP contribution in [0.25, 0.3) is 0 Å². The number of Topliss-reactive ketones (excluding diaryl/α,β-unsaturated/α-hetero) is 1. The Kier molecular flexibility index (Phi) is 5.71. The van der Waals surface area contributed by atoms with E-state index in [-0.39, 0.29) is 23.4 Å². The van der Waals surface area contributed by atoms with Crippen LogP contribution >= 0.6 is 0 Å². The first kappa shape index (κ1) is 22.2. The van der Waals surface area contributed by atoms with Crippen LogP contribution in [-0.2, 0) is 0 Å². The highest BCUT2D eigenvalue weighted by Crippen LogP contribution is 2.39. The highest BCUT2D eigenvalue weighted by molar-refractivity contribution is 6.09. The minimum Gasteiger partial charge on any atom is -0.366 e. The summed E-state index contributed by atoms with van der Waals surface area (Å²) in [6.45, 7) is 1.26. The highest BCUT2D eigenvalue weighted by Gasteiger charge is 2.40. The quantitative estimate of drug-likeness (QED) is 0.523. The second kappa shape index (κ2) is 8.50. The van der Waals surface area contributed by atoms with E-state index in [0.29, 0.717) is 30.8 Å². The van der Waals surface area contributed by atoms with E-state index < -0.39 is 36.5 Å². The van der Waals surface area contributed by atoms with E-state index in [1.54, 1.807) is 6.07 Å². The minimum absolute atomic E-state index is 0.113. The number of aromatic nitrogens is 2. The normalized spacial score (nSPS) is 16.7. The third kappa shape index (κ3) is 4.77. The van der Waals surface area contributed by atoms with Crippen molar-refractivity contribution in [2.75, 3.05) is 28.2 Å². The fourth-order valence-electron chi connectivity index (χ4n) is 3.92. The molecule has 2 aliphatic heterocycles. The van der Waals surface area contributed by atoms with Crippen LogP contribution in [-0.4, -0.2) is 52.8 Å². The van der Waals surface area contributed by atoms with E-state index in [9.17, 15) is 22.8 Å². The van der Waals surface area contributed by atoms with Crippen molar-refractivity contribution in [2.45, 2.75) is 31.5 Å². The van der Waals surface area contributed by atoms with Crippen molar-refractivity contribution in [3.63, 3.8) is 0 Å². The molecule has 1 fully saturated rings. The number of urea groups is 1. The molecule has 12 heteroatoms. The summed E-state index contributed by atoms with van der Waals surface area (Å²) in [5, 5.41) is 19.0. The Labute approximate surface area is 186 Å². The van der Waals surface area contributed by atoms with Gasteiger partial charge in [-0.2, -0.15) is 18.4 Å². The molecule has 170 valence electrons. The average Bonchev–Trinajstić information content (AvgIpc) is 3.16. The maximum atomic E-state index is 13.1. The number of hydrogen-bond acceptors (Lipinski definition) is 7. The molecule has 2 N–H and O–H groups in total. The first-order valence-corrected chi connectivity index (χ1v) is 10.0. The van der Waals surface area contributed by atoms with Gasteiger partial charge in [0, 0.05) is 25.0 Å².